The first-order valence-electron chi connectivity index (χ1n) is 6.19. The van der Waals surface area contributed by atoms with Crippen molar-refractivity contribution in [1.29, 1.82) is 0 Å². The SMILES string of the molecule is CCN(CC(C)(C)CN)c1ccc([N+](=O)[O-])cc1Br. The van der Waals surface area contributed by atoms with Gasteiger partial charge in [-0.1, -0.05) is 13.8 Å². The fraction of sp³-hybridized carbons (Fsp3) is 0.538. The average Bonchev–Trinajstić information content (AvgIpc) is 2.36. The molecule has 1 aromatic carbocycles. The van der Waals surface area contributed by atoms with Crippen molar-refractivity contribution in [3.8, 4) is 0 Å². The van der Waals surface area contributed by atoms with Gasteiger partial charge in [0.05, 0.1) is 10.6 Å². The maximum Gasteiger partial charge on any atom is 0.270 e. The number of halogens is 1. The fourth-order valence-corrected chi connectivity index (χ4v) is 2.43. The summed E-state index contributed by atoms with van der Waals surface area (Å²) in [6.45, 7) is 8.48. The molecule has 0 heterocycles. The highest BCUT2D eigenvalue weighted by atomic mass is 79.9. The summed E-state index contributed by atoms with van der Waals surface area (Å²) < 4.78 is 0.733. The quantitative estimate of drug-likeness (QED) is 0.642. The van der Waals surface area contributed by atoms with E-state index in [2.05, 4.69) is 41.6 Å². The molecule has 0 aliphatic heterocycles. The van der Waals surface area contributed by atoms with Crippen LogP contribution in [0.3, 0.4) is 0 Å². The van der Waals surface area contributed by atoms with Gasteiger partial charge in [0, 0.05) is 29.7 Å². The summed E-state index contributed by atoms with van der Waals surface area (Å²) in [5, 5.41) is 10.7. The second kappa shape index (κ2) is 6.34. The molecule has 1 aromatic rings. The van der Waals surface area contributed by atoms with Crippen LogP contribution < -0.4 is 10.6 Å². The fourth-order valence-electron chi connectivity index (χ4n) is 1.81. The van der Waals surface area contributed by atoms with E-state index in [-0.39, 0.29) is 11.1 Å². The lowest BCUT2D eigenvalue weighted by Gasteiger charge is -2.33. The van der Waals surface area contributed by atoms with E-state index in [0.717, 1.165) is 23.2 Å². The summed E-state index contributed by atoms with van der Waals surface area (Å²) in [4.78, 5) is 12.5. The molecule has 0 bridgehead atoms. The number of hydrogen-bond acceptors (Lipinski definition) is 4. The van der Waals surface area contributed by atoms with Crippen LogP contribution in [0.25, 0.3) is 0 Å². The highest BCUT2D eigenvalue weighted by molar-refractivity contribution is 9.10. The van der Waals surface area contributed by atoms with Crippen molar-refractivity contribution in [1.82, 2.24) is 0 Å². The standard InChI is InChI=1S/C13H20BrN3O2/c1-4-16(9-13(2,3)8-15)12-6-5-10(17(18)19)7-11(12)14/h5-7H,4,8-9,15H2,1-3H3. The first-order chi connectivity index (χ1) is 8.80. The van der Waals surface area contributed by atoms with Crippen molar-refractivity contribution in [2.24, 2.45) is 11.1 Å². The van der Waals surface area contributed by atoms with Gasteiger partial charge in [0.25, 0.3) is 5.69 Å². The first kappa shape index (κ1) is 15.9. The van der Waals surface area contributed by atoms with Gasteiger partial charge in [0.1, 0.15) is 0 Å². The molecule has 5 nitrogen and oxygen atoms in total. The average molecular weight is 330 g/mol. The van der Waals surface area contributed by atoms with E-state index < -0.39 is 4.92 Å². The van der Waals surface area contributed by atoms with Crippen LogP contribution in [0.5, 0.6) is 0 Å². The summed E-state index contributed by atoms with van der Waals surface area (Å²) in [5.41, 5.74) is 6.80. The van der Waals surface area contributed by atoms with Crippen molar-refractivity contribution >= 4 is 27.3 Å². The van der Waals surface area contributed by atoms with Gasteiger partial charge in [-0.2, -0.15) is 0 Å². The molecule has 6 heteroatoms. The summed E-state index contributed by atoms with van der Waals surface area (Å²) >= 11 is 3.41. The van der Waals surface area contributed by atoms with Crippen LogP contribution in [0.2, 0.25) is 0 Å². The normalized spacial score (nSPS) is 11.4. The Kier molecular flexibility index (Phi) is 5.31. The van der Waals surface area contributed by atoms with Gasteiger partial charge in [-0.05, 0) is 40.9 Å². The molecule has 0 aliphatic carbocycles. The lowest BCUT2D eigenvalue weighted by atomic mass is 9.93. The van der Waals surface area contributed by atoms with E-state index in [4.69, 9.17) is 5.73 Å². The summed E-state index contributed by atoms with van der Waals surface area (Å²) in [6.07, 6.45) is 0. The third kappa shape index (κ3) is 4.18. The van der Waals surface area contributed by atoms with Gasteiger partial charge in [0.2, 0.25) is 0 Å². The maximum absolute atomic E-state index is 10.7. The molecule has 1 rings (SSSR count). The van der Waals surface area contributed by atoms with Crippen LogP contribution in [0.1, 0.15) is 20.8 Å². The van der Waals surface area contributed by atoms with Crippen molar-refractivity contribution in [3.05, 3.63) is 32.8 Å². The molecular formula is C13H20BrN3O2. The van der Waals surface area contributed by atoms with Crippen LogP contribution in [0.15, 0.2) is 22.7 Å². The highest BCUT2D eigenvalue weighted by Crippen LogP contribution is 2.31. The number of nitro groups is 1. The molecule has 0 unspecified atom stereocenters. The van der Waals surface area contributed by atoms with Gasteiger partial charge in [0.15, 0.2) is 0 Å². The Bertz CT molecular complexity index is 463. The van der Waals surface area contributed by atoms with Crippen molar-refractivity contribution in [2.45, 2.75) is 20.8 Å². The zero-order valence-corrected chi connectivity index (χ0v) is 13.1. The Morgan fingerprint density at radius 3 is 2.53 bits per heavy atom. The molecule has 2 N–H and O–H groups in total. The third-order valence-electron chi connectivity index (χ3n) is 3.04. The summed E-state index contributed by atoms with van der Waals surface area (Å²) in [6, 6.07) is 4.84. The number of non-ortho nitro benzene ring substituents is 1. The zero-order chi connectivity index (χ0) is 14.6. The number of nitro benzene ring substituents is 1. The molecule has 0 radical (unpaired) electrons. The maximum atomic E-state index is 10.7. The van der Waals surface area contributed by atoms with Crippen LogP contribution >= 0.6 is 15.9 Å². The monoisotopic (exact) mass is 329 g/mol. The first-order valence-corrected chi connectivity index (χ1v) is 6.99. The lowest BCUT2D eigenvalue weighted by molar-refractivity contribution is -0.384. The van der Waals surface area contributed by atoms with E-state index in [1.165, 1.54) is 12.1 Å². The molecule has 0 amide bonds. The molecule has 0 fully saturated rings. The van der Waals surface area contributed by atoms with Crippen LogP contribution in [0, 0.1) is 15.5 Å². The minimum Gasteiger partial charge on any atom is -0.370 e. The topological polar surface area (TPSA) is 72.4 Å². The minimum absolute atomic E-state index is 0.00275. The molecule has 0 spiro atoms. The minimum atomic E-state index is -0.394. The predicted molar refractivity (Wildman–Crippen MR) is 81.5 cm³/mol. The number of nitrogens with zero attached hydrogens (tertiary/aromatic N) is 2. The zero-order valence-electron chi connectivity index (χ0n) is 11.5. The second-order valence-corrected chi connectivity index (χ2v) is 6.13. The summed E-state index contributed by atoms with van der Waals surface area (Å²) in [7, 11) is 0. The molecular weight excluding hydrogens is 310 g/mol. The van der Waals surface area contributed by atoms with Crippen LogP contribution in [-0.2, 0) is 0 Å². The molecule has 0 saturated carbocycles. The number of nitrogens with two attached hydrogens (primary N) is 1. The third-order valence-corrected chi connectivity index (χ3v) is 3.67. The number of anilines is 1. The van der Waals surface area contributed by atoms with Crippen molar-refractivity contribution < 1.29 is 4.92 Å². The Morgan fingerprint density at radius 1 is 1.47 bits per heavy atom. The van der Waals surface area contributed by atoms with Crippen molar-refractivity contribution in [2.75, 3.05) is 24.5 Å². The predicted octanol–water partition coefficient (Wildman–Crippen LogP) is 3.17. The lowest BCUT2D eigenvalue weighted by Crippen LogP contribution is -2.38. The van der Waals surface area contributed by atoms with Gasteiger partial charge in [-0.15, -0.1) is 0 Å². The van der Waals surface area contributed by atoms with Gasteiger partial charge in [-0.3, -0.25) is 10.1 Å². The van der Waals surface area contributed by atoms with Gasteiger partial charge in [-0.25, -0.2) is 0 Å². The number of rotatable bonds is 6. The molecule has 0 aliphatic rings. The Balaban J connectivity index is 3.02. The largest absolute Gasteiger partial charge is 0.370 e. The van der Waals surface area contributed by atoms with Gasteiger partial charge < -0.3 is 10.6 Å². The van der Waals surface area contributed by atoms with E-state index in [1.54, 1.807) is 6.07 Å². The molecule has 0 aromatic heterocycles. The Labute approximate surface area is 122 Å². The smallest absolute Gasteiger partial charge is 0.270 e. The summed E-state index contributed by atoms with van der Waals surface area (Å²) in [5.74, 6) is 0. The van der Waals surface area contributed by atoms with Crippen LogP contribution in [0.4, 0.5) is 11.4 Å². The number of benzene rings is 1. The van der Waals surface area contributed by atoms with Crippen molar-refractivity contribution in [3.63, 3.8) is 0 Å². The van der Waals surface area contributed by atoms with Gasteiger partial charge >= 0.3 is 0 Å². The molecule has 106 valence electrons. The molecule has 0 saturated heterocycles. The van der Waals surface area contributed by atoms with E-state index in [0.29, 0.717) is 6.54 Å². The van der Waals surface area contributed by atoms with E-state index in [1.807, 2.05) is 0 Å². The number of hydrogen-bond donors (Lipinski definition) is 1. The van der Waals surface area contributed by atoms with Crippen LogP contribution in [-0.4, -0.2) is 24.6 Å². The Hall–Kier alpha value is -1.14. The van der Waals surface area contributed by atoms with E-state index in [9.17, 15) is 10.1 Å². The molecule has 0 atom stereocenters. The Morgan fingerprint density at radius 2 is 2.11 bits per heavy atom. The molecule has 19 heavy (non-hydrogen) atoms. The highest BCUT2D eigenvalue weighted by Gasteiger charge is 2.21. The van der Waals surface area contributed by atoms with E-state index >= 15 is 0 Å². The second-order valence-electron chi connectivity index (χ2n) is 5.28.